The molecule has 1 unspecified atom stereocenters. The third kappa shape index (κ3) is 3.81. The van der Waals surface area contributed by atoms with E-state index in [-0.39, 0.29) is 5.82 Å². The molecule has 0 spiro atoms. The number of aliphatic hydroxyl groups is 2. The van der Waals surface area contributed by atoms with E-state index in [0.29, 0.717) is 29.9 Å². The molecule has 4 atom stereocenters. The van der Waals surface area contributed by atoms with Crippen LogP contribution in [0.2, 0.25) is 0 Å². The molecule has 2 N–H and O–H groups in total. The van der Waals surface area contributed by atoms with Crippen LogP contribution in [0.5, 0.6) is 0 Å². The summed E-state index contributed by atoms with van der Waals surface area (Å²) < 4.78 is 21.7. The molecule has 3 aromatic rings. The summed E-state index contributed by atoms with van der Waals surface area (Å²) in [5.74, 6) is -0.486. The summed E-state index contributed by atoms with van der Waals surface area (Å²) >= 11 is 1.62. The van der Waals surface area contributed by atoms with Gasteiger partial charge in [-0.15, -0.1) is 11.3 Å². The maximum absolute atomic E-state index is 14.6. The Morgan fingerprint density at radius 2 is 1.87 bits per heavy atom. The number of halogens is 1. The second-order valence-electron chi connectivity index (χ2n) is 8.34. The van der Waals surface area contributed by atoms with Gasteiger partial charge in [0, 0.05) is 16.0 Å². The normalized spacial score (nSPS) is 27.0. The molecule has 156 valence electrons. The molecule has 30 heavy (non-hydrogen) atoms. The molecule has 2 heterocycles. The third-order valence-electron chi connectivity index (χ3n) is 6.05. The van der Waals surface area contributed by atoms with Crippen molar-refractivity contribution < 1.29 is 24.1 Å². The first-order valence-corrected chi connectivity index (χ1v) is 11.1. The fourth-order valence-corrected chi connectivity index (χ4v) is 5.28. The Morgan fingerprint density at radius 1 is 1.07 bits per heavy atom. The number of hydrogen-bond acceptors (Lipinski definition) is 5. The number of ketones is 1. The molecule has 0 amide bonds. The van der Waals surface area contributed by atoms with E-state index in [2.05, 4.69) is 6.07 Å². The number of rotatable bonds is 5. The van der Waals surface area contributed by atoms with Crippen LogP contribution >= 0.6 is 11.3 Å². The average molecular weight is 427 g/mol. The number of ether oxygens (including phenoxy) is 1. The van der Waals surface area contributed by atoms with Crippen LogP contribution in [-0.2, 0) is 16.0 Å². The van der Waals surface area contributed by atoms with Crippen molar-refractivity contribution in [3.05, 3.63) is 70.4 Å². The zero-order valence-corrected chi connectivity index (χ0v) is 17.1. The van der Waals surface area contributed by atoms with Gasteiger partial charge in [-0.05, 0) is 53.1 Å². The molecule has 1 saturated carbocycles. The van der Waals surface area contributed by atoms with E-state index in [1.807, 2.05) is 24.3 Å². The van der Waals surface area contributed by atoms with Crippen LogP contribution < -0.4 is 0 Å². The fourth-order valence-electron chi connectivity index (χ4n) is 4.19. The van der Waals surface area contributed by atoms with E-state index in [9.17, 15) is 19.4 Å². The van der Waals surface area contributed by atoms with Gasteiger partial charge in [0.25, 0.3) is 0 Å². The summed E-state index contributed by atoms with van der Waals surface area (Å²) in [5.41, 5.74) is 1.05. The highest BCUT2D eigenvalue weighted by Crippen LogP contribution is 2.39. The van der Waals surface area contributed by atoms with Crippen LogP contribution in [0.4, 0.5) is 4.39 Å². The summed E-state index contributed by atoms with van der Waals surface area (Å²) in [4.78, 5) is 13.4. The van der Waals surface area contributed by atoms with Crippen molar-refractivity contribution in [2.45, 2.75) is 50.1 Å². The Labute approximate surface area is 177 Å². The second kappa shape index (κ2) is 7.85. The second-order valence-corrected chi connectivity index (χ2v) is 9.51. The molecule has 1 aliphatic heterocycles. The molecule has 0 bridgehead atoms. The maximum atomic E-state index is 14.6. The summed E-state index contributed by atoms with van der Waals surface area (Å²) in [6.07, 6.45) is -1.13. The molecule has 1 aliphatic carbocycles. The first kappa shape index (κ1) is 19.8. The van der Waals surface area contributed by atoms with Crippen molar-refractivity contribution in [2.24, 2.45) is 5.92 Å². The molecule has 0 radical (unpaired) electrons. The minimum atomic E-state index is -1.46. The van der Waals surface area contributed by atoms with Gasteiger partial charge in [-0.2, -0.15) is 0 Å². The van der Waals surface area contributed by atoms with Crippen molar-refractivity contribution in [1.29, 1.82) is 0 Å². The quantitative estimate of drug-likeness (QED) is 0.643. The van der Waals surface area contributed by atoms with E-state index in [4.69, 9.17) is 4.74 Å². The zero-order chi connectivity index (χ0) is 20.8. The average Bonchev–Trinajstić information content (AvgIpc) is 3.46. The Kier molecular flexibility index (Phi) is 5.19. The van der Waals surface area contributed by atoms with Crippen molar-refractivity contribution in [3.63, 3.8) is 0 Å². The van der Waals surface area contributed by atoms with E-state index >= 15 is 0 Å². The molecule has 5 rings (SSSR count). The lowest BCUT2D eigenvalue weighted by atomic mass is 9.89. The lowest BCUT2D eigenvalue weighted by Gasteiger charge is -2.36. The first-order valence-electron chi connectivity index (χ1n) is 10.3. The Bertz CT molecular complexity index is 1060. The number of benzene rings is 2. The minimum Gasteiger partial charge on any atom is -0.382 e. The summed E-state index contributed by atoms with van der Waals surface area (Å²) in [6.45, 7) is 0. The maximum Gasteiger partial charge on any atom is 0.195 e. The molecule has 2 aliphatic rings. The molecular weight excluding hydrogens is 403 g/mol. The molecule has 2 fully saturated rings. The highest BCUT2D eigenvalue weighted by molar-refractivity contribution is 7.19. The summed E-state index contributed by atoms with van der Waals surface area (Å²) in [6, 6.07) is 14.7. The molecule has 4 nitrogen and oxygen atoms in total. The smallest absolute Gasteiger partial charge is 0.195 e. The minimum absolute atomic E-state index is 0.331. The molecule has 1 aromatic heterocycles. The van der Waals surface area contributed by atoms with Gasteiger partial charge in [-0.25, -0.2) is 4.39 Å². The Morgan fingerprint density at radius 3 is 2.63 bits per heavy atom. The number of fused-ring (bicyclic) bond motifs is 1. The van der Waals surface area contributed by atoms with Gasteiger partial charge in [-0.3, -0.25) is 4.79 Å². The standard InChI is InChI=1S/C24H23FO4S/c25-18-8-7-15(10-16(18)12-17-11-14-3-1-2-4-20(14)30-17)24-23(28)22(27)21(26)19(29-24)9-13-5-6-13/h1-4,7-8,10-11,13,19,21,23-24,26,28H,5-6,9,12H2/t19?,21-,23-,24+/m1/s1. The highest BCUT2D eigenvalue weighted by atomic mass is 32.1. The predicted molar refractivity (Wildman–Crippen MR) is 113 cm³/mol. The van der Waals surface area contributed by atoms with Gasteiger partial charge in [0.1, 0.15) is 24.1 Å². The summed E-state index contributed by atoms with van der Waals surface area (Å²) in [5, 5.41) is 21.8. The van der Waals surface area contributed by atoms with Crippen molar-refractivity contribution >= 4 is 27.2 Å². The van der Waals surface area contributed by atoms with E-state index in [0.717, 1.165) is 27.8 Å². The fraction of sp³-hybridized carbons (Fsp3) is 0.375. The number of hydrogen-bond donors (Lipinski definition) is 2. The highest BCUT2D eigenvalue weighted by Gasteiger charge is 2.45. The largest absolute Gasteiger partial charge is 0.382 e. The summed E-state index contributed by atoms with van der Waals surface area (Å²) in [7, 11) is 0. The van der Waals surface area contributed by atoms with Crippen molar-refractivity contribution in [2.75, 3.05) is 0 Å². The lowest BCUT2D eigenvalue weighted by Crippen LogP contribution is -2.51. The number of carbonyl (C=O) groups excluding carboxylic acids is 1. The van der Waals surface area contributed by atoms with Crippen LogP contribution in [0, 0.1) is 11.7 Å². The topological polar surface area (TPSA) is 66.8 Å². The van der Waals surface area contributed by atoms with Gasteiger partial charge < -0.3 is 14.9 Å². The van der Waals surface area contributed by atoms with Gasteiger partial charge in [0.15, 0.2) is 5.78 Å². The van der Waals surface area contributed by atoms with Gasteiger partial charge in [0.2, 0.25) is 0 Å². The third-order valence-corrected chi connectivity index (χ3v) is 7.16. The number of thiophene rings is 1. The van der Waals surface area contributed by atoms with Gasteiger partial charge >= 0.3 is 0 Å². The van der Waals surface area contributed by atoms with E-state index in [1.165, 1.54) is 6.07 Å². The molecule has 2 aromatic carbocycles. The van der Waals surface area contributed by atoms with Crippen LogP contribution in [0.25, 0.3) is 10.1 Å². The Balaban J connectivity index is 1.42. The number of carbonyl (C=O) groups is 1. The molecular formula is C24H23FO4S. The monoisotopic (exact) mass is 426 g/mol. The predicted octanol–water partition coefficient (Wildman–Crippen LogP) is 4.16. The van der Waals surface area contributed by atoms with Gasteiger partial charge in [-0.1, -0.05) is 37.1 Å². The molecule has 1 saturated heterocycles. The van der Waals surface area contributed by atoms with Crippen molar-refractivity contribution in [1.82, 2.24) is 0 Å². The van der Waals surface area contributed by atoms with E-state index in [1.54, 1.807) is 23.5 Å². The zero-order valence-electron chi connectivity index (χ0n) is 16.3. The number of Topliss-reactive ketones (excluding diaryl/α,β-unsaturated/α-hetero) is 1. The van der Waals surface area contributed by atoms with Crippen LogP contribution in [0.15, 0.2) is 48.5 Å². The van der Waals surface area contributed by atoms with Crippen LogP contribution in [0.3, 0.4) is 0 Å². The molecule has 6 heteroatoms. The Hall–Kier alpha value is -2.12. The van der Waals surface area contributed by atoms with Crippen LogP contribution in [0.1, 0.15) is 41.4 Å². The lowest BCUT2D eigenvalue weighted by molar-refractivity contribution is -0.185. The van der Waals surface area contributed by atoms with Crippen molar-refractivity contribution in [3.8, 4) is 0 Å². The van der Waals surface area contributed by atoms with Crippen LogP contribution in [-0.4, -0.2) is 34.3 Å². The number of aliphatic hydroxyl groups excluding tert-OH is 2. The van der Waals surface area contributed by atoms with Gasteiger partial charge in [0.05, 0.1) is 6.10 Å². The van der Waals surface area contributed by atoms with E-state index < -0.39 is 30.2 Å². The SMILES string of the molecule is O=C1[C@@H](O)[C@H](c2ccc(F)c(Cc3cc4ccccc4s3)c2)OC(CC2CC2)[C@H]1O. The first-order chi connectivity index (χ1) is 14.5.